The molecule has 0 unspecified atom stereocenters. The number of nitrogens with zero attached hydrogens (tertiary/aromatic N) is 2. The number of ether oxygens (including phenoxy) is 2. The van der Waals surface area contributed by atoms with Gasteiger partial charge in [-0.3, -0.25) is 0 Å². The van der Waals surface area contributed by atoms with E-state index in [4.69, 9.17) is 15.2 Å². The van der Waals surface area contributed by atoms with Crippen molar-refractivity contribution in [3.8, 4) is 0 Å². The van der Waals surface area contributed by atoms with E-state index in [0.717, 1.165) is 16.9 Å². The number of aromatic nitrogens is 2. The van der Waals surface area contributed by atoms with Crippen LogP contribution in [0.1, 0.15) is 55.0 Å². The van der Waals surface area contributed by atoms with E-state index in [2.05, 4.69) is 9.97 Å². The minimum absolute atomic E-state index is 0.0942. The minimum atomic E-state index is -0.412. The first-order valence-corrected chi connectivity index (χ1v) is 10.5. The summed E-state index contributed by atoms with van der Waals surface area (Å²) in [5.74, 6) is -0.278. The molecule has 0 saturated carbocycles. The van der Waals surface area contributed by atoms with Gasteiger partial charge in [0.15, 0.2) is 12.4 Å². The van der Waals surface area contributed by atoms with Crippen LogP contribution in [0, 0.1) is 13.8 Å². The van der Waals surface area contributed by atoms with Crippen molar-refractivity contribution < 1.29 is 19.1 Å². The number of nitrogens with two attached hydrogens (primary N) is 1. The number of carbonyl (C=O) groups is 2. The van der Waals surface area contributed by atoms with Crippen LogP contribution >= 0.6 is 22.7 Å². The molecule has 0 aliphatic carbocycles. The molecule has 0 atom stereocenters. The van der Waals surface area contributed by atoms with Gasteiger partial charge in [-0.1, -0.05) is 6.92 Å². The molecule has 0 aliphatic heterocycles. The number of fused-ring (bicyclic) bond motifs is 1. The van der Waals surface area contributed by atoms with Crippen LogP contribution in [0.3, 0.4) is 0 Å². The Balaban J connectivity index is 1.81. The van der Waals surface area contributed by atoms with Crippen LogP contribution in [0.5, 0.6) is 0 Å². The summed E-state index contributed by atoms with van der Waals surface area (Å²) in [7, 11) is 0. The summed E-state index contributed by atoms with van der Waals surface area (Å²) in [4.78, 5) is 35.8. The molecule has 0 fully saturated rings. The summed E-state index contributed by atoms with van der Waals surface area (Å²) < 4.78 is 10.4. The Kier molecular flexibility index (Phi) is 5.95. The van der Waals surface area contributed by atoms with Crippen molar-refractivity contribution in [1.29, 1.82) is 0 Å². The van der Waals surface area contributed by atoms with Gasteiger partial charge in [0.1, 0.15) is 20.4 Å². The predicted molar refractivity (Wildman–Crippen MR) is 110 cm³/mol. The number of aryl methyl sites for hydroxylation is 3. The maximum atomic E-state index is 12.3. The Bertz CT molecular complexity index is 1060. The molecule has 9 heteroatoms. The van der Waals surface area contributed by atoms with Gasteiger partial charge in [-0.15, -0.1) is 22.7 Å². The van der Waals surface area contributed by atoms with Crippen molar-refractivity contribution in [1.82, 2.24) is 9.97 Å². The maximum absolute atomic E-state index is 12.3. The van der Waals surface area contributed by atoms with E-state index in [0.29, 0.717) is 31.4 Å². The number of rotatable bonds is 6. The summed E-state index contributed by atoms with van der Waals surface area (Å²) in [5, 5.41) is 0.629. The average Bonchev–Trinajstić information content (AvgIpc) is 3.20. The van der Waals surface area contributed by atoms with Gasteiger partial charge in [0.25, 0.3) is 0 Å². The number of anilines is 1. The summed E-state index contributed by atoms with van der Waals surface area (Å²) in [5.41, 5.74) is 7.85. The zero-order valence-corrected chi connectivity index (χ0v) is 17.8. The van der Waals surface area contributed by atoms with Crippen LogP contribution in [0.4, 0.5) is 5.82 Å². The second kappa shape index (κ2) is 8.24. The third-order valence-corrected chi connectivity index (χ3v) is 6.73. The van der Waals surface area contributed by atoms with Crippen LogP contribution in [0.25, 0.3) is 10.2 Å². The fourth-order valence-electron chi connectivity index (χ4n) is 2.84. The highest BCUT2D eigenvalue weighted by atomic mass is 32.1. The highest BCUT2D eigenvalue weighted by Gasteiger charge is 2.21. The van der Waals surface area contributed by atoms with Crippen LogP contribution in [0.15, 0.2) is 6.07 Å². The average molecular weight is 420 g/mol. The number of esters is 2. The van der Waals surface area contributed by atoms with Gasteiger partial charge in [0, 0.05) is 4.88 Å². The fraction of sp³-hybridized carbons (Fsp3) is 0.368. The number of hydrogen-bond acceptors (Lipinski definition) is 9. The molecule has 148 valence electrons. The topological polar surface area (TPSA) is 104 Å². The molecule has 0 spiro atoms. The smallest absolute Gasteiger partial charge is 0.348 e. The fourth-order valence-corrected chi connectivity index (χ4v) is 4.95. The van der Waals surface area contributed by atoms with Crippen molar-refractivity contribution in [2.45, 2.75) is 40.7 Å². The number of nitrogen functional groups attached to an aromatic ring is 1. The first-order chi connectivity index (χ1) is 13.3. The standard InChI is InChI=1S/C19H21N3O4S2/c1-5-11-9(3)7-12(27-11)18(23)26-8-13-21-16(20)14-10(4)15(19(24)25-6-2)28-17(14)22-13/h7H,5-6,8H2,1-4H3,(H2,20,21,22). The molecule has 0 aliphatic rings. The first kappa shape index (κ1) is 20.2. The lowest BCUT2D eigenvalue weighted by atomic mass is 10.2. The summed E-state index contributed by atoms with van der Waals surface area (Å²) in [6, 6.07) is 1.83. The second-order valence-electron chi connectivity index (χ2n) is 6.13. The summed E-state index contributed by atoms with van der Waals surface area (Å²) in [6.45, 7) is 7.76. The Labute approximate surface area is 170 Å². The molecule has 7 nitrogen and oxygen atoms in total. The molecule has 0 amide bonds. The Morgan fingerprint density at radius 3 is 2.50 bits per heavy atom. The van der Waals surface area contributed by atoms with E-state index in [9.17, 15) is 9.59 Å². The van der Waals surface area contributed by atoms with Crippen molar-refractivity contribution in [3.05, 3.63) is 37.6 Å². The predicted octanol–water partition coefficient (Wildman–Crippen LogP) is 4.05. The highest BCUT2D eigenvalue weighted by molar-refractivity contribution is 7.20. The third kappa shape index (κ3) is 3.85. The van der Waals surface area contributed by atoms with Gasteiger partial charge in [-0.25, -0.2) is 19.6 Å². The SMILES string of the molecule is CCOC(=O)c1sc2nc(COC(=O)c3cc(C)c(CC)s3)nc(N)c2c1C. The Morgan fingerprint density at radius 2 is 1.86 bits per heavy atom. The van der Waals surface area contributed by atoms with Crippen molar-refractivity contribution >= 4 is 50.6 Å². The molecular formula is C19H21N3O4S2. The van der Waals surface area contributed by atoms with Gasteiger partial charge < -0.3 is 15.2 Å². The quantitative estimate of drug-likeness (QED) is 0.601. The molecule has 28 heavy (non-hydrogen) atoms. The molecule has 3 heterocycles. The lowest BCUT2D eigenvalue weighted by Crippen LogP contribution is -2.07. The molecule has 0 bridgehead atoms. The van der Waals surface area contributed by atoms with Gasteiger partial charge in [-0.2, -0.15) is 0 Å². The van der Waals surface area contributed by atoms with E-state index in [-0.39, 0.29) is 19.0 Å². The van der Waals surface area contributed by atoms with E-state index < -0.39 is 11.9 Å². The second-order valence-corrected chi connectivity index (χ2v) is 8.26. The molecule has 3 rings (SSSR count). The monoisotopic (exact) mass is 419 g/mol. The highest BCUT2D eigenvalue weighted by Crippen LogP contribution is 2.33. The van der Waals surface area contributed by atoms with Crippen molar-refractivity contribution in [2.24, 2.45) is 0 Å². The molecule has 2 N–H and O–H groups in total. The van der Waals surface area contributed by atoms with Gasteiger partial charge in [-0.05, 0) is 44.4 Å². The maximum Gasteiger partial charge on any atom is 0.348 e. The molecular weight excluding hydrogens is 398 g/mol. The lowest BCUT2D eigenvalue weighted by Gasteiger charge is -2.04. The van der Waals surface area contributed by atoms with E-state index >= 15 is 0 Å². The van der Waals surface area contributed by atoms with E-state index in [1.54, 1.807) is 13.8 Å². The normalized spacial score (nSPS) is 11.0. The largest absolute Gasteiger partial charge is 0.462 e. The van der Waals surface area contributed by atoms with Crippen LogP contribution < -0.4 is 5.73 Å². The first-order valence-electron chi connectivity index (χ1n) is 8.84. The molecule has 3 aromatic heterocycles. The van der Waals surface area contributed by atoms with Crippen LogP contribution in [-0.2, 0) is 22.5 Å². The third-order valence-electron chi connectivity index (χ3n) is 4.20. The Morgan fingerprint density at radius 1 is 1.11 bits per heavy atom. The number of hydrogen-bond donors (Lipinski definition) is 1. The van der Waals surface area contributed by atoms with Crippen molar-refractivity contribution in [3.63, 3.8) is 0 Å². The molecule has 3 aromatic rings. The van der Waals surface area contributed by atoms with E-state index in [1.807, 2.05) is 19.9 Å². The zero-order valence-electron chi connectivity index (χ0n) is 16.1. The summed E-state index contributed by atoms with van der Waals surface area (Å²) in [6.07, 6.45) is 0.876. The van der Waals surface area contributed by atoms with Crippen LogP contribution in [0.2, 0.25) is 0 Å². The number of thiophene rings is 2. The zero-order chi connectivity index (χ0) is 20.4. The summed E-state index contributed by atoms with van der Waals surface area (Å²) >= 11 is 2.63. The Hall–Kier alpha value is -2.52. The number of carbonyl (C=O) groups excluding carboxylic acids is 2. The van der Waals surface area contributed by atoms with E-state index in [1.165, 1.54) is 22.7 Å². The molecule has 0 aromatic carbocycles. The lowest BCUT2D eigenvalue weighted by molar-refractivity contribution is 0.0467. The van der Waals surface area contributed by atoms with Gasteiger partial charge in [0.2, 0.25) is 0 Å². The van der Waals surface area contributed by atoms with Gasteiger partial charge >= 0.3 is 11.9 Å². The minimum Gasteiger partial charge on any atom is -0.462 e. The molecule has 0 radical (unpaired) electrons. The molecule has 0 saturated heterocycles. The van der Waals surface area contributed by atoms with Crippen molar-refractivity contribution in [2.75, 3.05) is 12.3 Å². The van der Waals surface area contributed by atoms with Crippen LogP contribution in [-0.4, -0.2) is 28.5 Å². The van der Waals surface area contributed by atoms with Gasteiger partial charge in [0.05, 0.1) is 12.0 Å².